The summed E-state index contributed by atoms with van der Waals surface area (Å²) >= 11 is 0. The molecule has 2 atom stereocenters. The first-order valence-corrected chi connectivity index (χ1v) is 5.34. The van der Waals surface area contributed by atoms with E-state index in [1.165, 1.54) is 5.56 Å². The standard InChI is InChI=1S/C12H20N2O/c1-9-6-7-14-8-11(9)12(13)5-4-10(2)15-3/h6-8,10,12H,4-5,13H2,1-3H3. The van der Waals surface area contributed by atoms with Crippen LogP contribution in [0.1, 0.15) is 36.9 Å². The molecule has 0 aliphatic carbocycles. The zero-order chi connectivity index (χ0) is 11.3. The molecule has 15 heavy (non-hydrogen) atoms. The molecule has 0 aromatic carbocycles. The summed E-state index contributed by atoms with van der Waals surface area (Å²) in [5, 5.41) is 0. The third kappa shape index (κ3) is 3.61. The number of aryl methyl sites for hydroxylation is 1. The van der Waals surface area contributed by atoms with Crippen molar-refractivity contribution in [3.05, 3.63) is 29.6 Å². The van der Waals surface area contributed by atoms with Gasteiger partial charge in [-0.3, -0.25) is 4.98 Å². The van der Waals surface area contributed by atoms with Gasteiger partial charge in [0, 0.05) is 25.5 Å². The number of nitrogens with two attached hydrogens (primary N) is 1. The highest BCUT2D eigenvalue weighted by Gasteiger charge is 2.10. The predicted octanol–water partition coefficient (Wildman–Crippen LogP) is 2.20. The van der Waals surface area contributed by atoms with E-state index in [2.05, 4.69) is 18.8 Å². The summed E-state index contributed by atoms with van der Waals surface area (Å²) in [6, 6.07) is 2.06. The molecule has 2 N–H and O–H groups in total. The zero-order valence-electron chi connectivity index (χ0n) is 9.73. The van der Waals surface area contributed by atoms with Gasteiger partial charge in [0.1, 0.15) is 0 Å². The molecule has 0 amide bonds. The van der Waals surface area contributed by atoms with Gasteiger partial charge in [-0.05, 0) is 43.9 Å². The van der Waals surface area contributed by atoms with E-state index in [4.69, 9.17) is 10.5 Å². The first kappa shape index (κ1) is 12.1. The predicted molar refractivity (Wildman–Crippen MR) is 61.6 cm³/mol. The fraction of sp³-hybridized carbons (Fsp3) is 0.583. The first-order chi connectivity index (χ1) is 7.15. The monoisotopic (exact) mass is 208 g/mol. The van der Waals surface area contributed by atoms with Crippen molar-refractivity contribution in [1.82, 2.24) is 4.98 Å². The van der Waals surface area contributed by atoms with Crippen molar-refractivity contribution in [2.24, 2.45) is 5.73 Å². The van der Waals surface area contributed by atoms with Crippen molar-refractivity contribution in [3.63, 3.8) is 0 Å². The van der Waals surface area contributed by atoms with E-state index in [1.54, 1.807) is 13.3 Å². The fourth-order valence-electron chi connectivity index (χ4n) is 1.55. The lowest BCUT2D eigenvalue weighted by molar-refractivity contribution is 0.107. The Balaban J connectivity index is 2.54. The minimum absolute atomic E-state index is 0.0660. The van der Waals surface area contributed by atoms with Gasteiger partial charge < -0.3 is 10.5 Å². The Morgan fingerprint density at radius 1 is 1.47 bits per heavy atom. The topological polar surface area (TPSA) is 48.1 Å². The maximum absolute atomic E-state index is 6.10. The zero-order valence-corrected chi connectivity index (χ0v) is 9.73. The number of aromatic nitrogens is 1. The third-order valence-corrected chi connectivity index (χ3v) is 2.77. The maximum atomic E-state index is 6.10. The summed E-state index contributed by atoms with van der Waals surface area (Å²) in [5.74, 6) is 0. The SMILES string of the molecule is COC(C)CCC(N)c1cnccc1C. The Morgan fingerprint density at radius 3 is 2.80 bits per heavy atom. The van der Waals surface area contributed by atoms with Gasteiger partial charge in [-0.1, -0.05) is 0 Å². The van der Waals surface area contributed by atoms with Gasteiger partial charge in [-0.2, -0.15) is 0 Å². The molecule has 0 aliphatic heterocycles. The molecule has 3 heteroatoms. The summed E-state index contributed by atoms with van der Waals surface area (Å²) in [6.07, 6.45) is 5.84. The molecule has 2 unspecified atom stereocenters. The summed E-state index contributed by atoms with van der Waals surface area (Å²) in [6.45, 7) is 4.12. The van der Waals surface area contributed by atoms with Crippen LogP contribution in [-0.2, 0) is 4.74 Å². The number of methoxy groups -OCH3 is 1. The highest BCUT2D eigenvalue weighted by atomic mass is 16.5. The molecule has 3 nitrogen and oxygen atoms in total. The van der Waals surface area contributed by atoms with Crippen LogP contribution in [0.3, 0.4) is 0 Å². The number of pyridine rings is 1. The van der Waals surface area contributed by atoms with Crippen LogP contribution in [0.15, 0.2) is 18.5 Å². The number of ether oxygens (including phenoxy) is 1. The number of rotatable bonds is 5. The fourth-order valence-corrected chi connectivity index (χ4v) is 1.55. The van der Waals surface area contributed by atoms with Gasteiger partial charge in [-0.15, -0.1) is 0 Å². The lowest BCUT2D eigenvalue weighted by Crippen LogP contribution is -2.15. The number of hydrogen-bond acceptors (Lipinski definition) is 3. The molecule has 1 rings (SSSR count). The van der Waals surface area contributed by atoms with Crippen molar-refractivity contribution in [3.8, 4) is 0 Å². The normalized spacial score (nSPS) is 14.9. The maximum Gasteiger partial charge on any atom is 0.0543 e. The molecular formula is C12H20N2O. The average molecular weight is 208 g/mol. The van der Waals surface area contributed by atoms with Crippen molar-refractivity contribution in [1.29, 1.82) is 0 Å². The lowest BCUT2D eigenvalue weighted by Gasteiger charge is -2.16. The molecule has 0 radical (unpaired) electrons. The van der Waals surface area contributed by atoms with E-state index in [1.807, 2.05) is 12.3 Å². The van der Waals surface area contributed by atoms with Crippen LogP contribution >= 0.6 is 0 Å². The minimum Gasteiger partial charge on any atom is -0.382 e. The summed E-state index contributed by atoms with van der Waals surface area (Å²) in [7, 11) is 1.73. The number of hydrogen-bond donors (Lipinski definition) is 1. The Kier molecular flexibility index (Phi) is 4.72. The second-order valence-corrected chi connectivity index (χ2v) is 3.96. The van der Waals surface area contributed by atoms with Gasteiger partial charge in [-0.25, -0.2) is 0 Å². The van der Waals surface area contributed by atoms with Crippen LogP contribution in [0.5, 0.6) is 0 Å². The third-order valence-electron chi connectivity index (χ3n) is 2.77. The van der Waals surface area contributed by atoms with E-state index >= 15 is 0 Å². The first-order valence-electron chi connectivity index (χ1n) is 5.34. The van der Waals surface area contributed by atoms with Crippen LogP contribution in [0, 0.1) is 6.92 Å². The van der Waals surface area contributed by atoms with Gasteiger partial charge >= 0.3 is 0 Å². The molecule has 1 aromatic heterocycles. The van der Waals surface area contributed by atoms with Crippen molar-refractivity contribution < 1.29 is 4.74 Å². The Morgan fingerprint density at radius 2 is 2.20 bits per heavy atom. The lowest BCUT2D eigenvalue weighted by atomic mass is 9.99. The van der Waals surface area contributed by atoms with Crippen molar-refractivity contribution in [2.45, 2.75) is 38.8 Å². The highest BCUT2D eigenvalue weighted by molar-refractivity contribution is 5.24. The van der Waals surface area contributed by atoms with E-state index in [-0.39, 0.29) is 12.1 Å². The molecule has 84 valence electrons. The summed E-state index contributed by atoms with van der Waals surface area (Å²) < 4.78 is 5.20. The van der Waals surface area contributed by atoms with Crippen LogP contribution < -0.4 is 5.73 Å². The molecule has 0 spiro atoms. The average Bonchev–Trinajstić information content (AvgIpc) is 2.26. The Bertz CT molecular complexity index is 301. The molecule has 0 fully saturated rings. The van der Waals surface area contributed by atoms with Crippen LogP contribution in [0.4, 0.5) is 0 Å². The molecule has 0 bridgehead atoms. The molecule has 1 heterocycles. The summed E-state index contributed by atoms with van der Waals surface area (Å²) in [5.41, 5.74) is 8.45. The quantitative estimate of drug-likeness (QED) is 0.807. The van der Waals surface area contributed by atoms with Crippen LogP contribution in [0.25, 0.3) is 0 Å². The highest BCUT2D eigenvalue weighted by Crippen LogP contribution is 2.19. The van der Waals surface area contributed by atoms with Gasteiger partial charge in [0.05, 0.1) is 6.10 Å². The smallest absolute Gasteiger partial charge is 0.0543 e. The van der Waals surface area contributed by atoms with Gasteiger partial charge in [0.25, 0.3) is 0 Å². The minimum atomic E-state index is 0.0660. The summed E-state index contributed by atoms with van der Waals surface area (Å²) in [4.78, 5) is 4.10. The molecular weight excluding hydrogens is 188 g/mol. The Hall–Kier alpha value is -0.930. The number of nitrogens with zero attached hydrogens (tertiary/aromatic N) is 1. The van der Waals surface area contributed by atoms with E-state index < -0.39 is 0 Å². The second kappa shape index (κ2) is 5.83. The second-order valence-electron chi connectivity index (χ2n) is 3.96. The van der Waals surface area contributed by atoms with Crippen LogP contribution in [-0.4, -0.2) is 18.2 Å². The van der Waals surface area contributed by atoms with Gasteiger partial charge in [0.15, 0.2) is 0 Å². The van der Waals surface area contributed by atoms with Crippen molar-refractivity contribution in [2.75, 3.05) is 7.11 Å². The molecule has 1 aromatic rings. The van der Waals surface area contributed by atoms with Crippen molar-refractivity contribution >= 4 is 0 Å². The molecule has 0 saturated heterocycles. The molecule has 0 saturated carbocycles. The van der Waals surface area contributed by atoms with Gasteiger partial charge in [0.2, 0.25) is 0 Å². The van der Waals surface area contributed by atoms with E-state index in [0.29, 0.717) is 0 Å². The van der Waals surface area contributed by atoms with E-state index in [0.717, 1.165) is 18.4 Å². The largest absolute Gasteiger partial charge is 0.382 e. The molecule has 0 aliphatic rings. The van der Waals surface area contributed by atoms with Crippen LogP contribution in [0.2, 0.25) is 0 Å². The van der Waals surface area contributed by atoms with E-state index in [9.17, 15) is 0 Å². The Labute approximate surface area is 91.7 Å².